The van der Waals surface area contributed by atoms with Crippen LogP contribution in [0.4, 0.5) is 5.69 Å². The van der Waals surface area contributed by atoms with Gasteiger partial charge in [0.15, 0.2) is 0 Å². The highest BCUT2D eigenvalue weighted by atomic mass is 35.5. The number of ether oxygens (including phenoxy) is 1. The smallest absolute Gasteiger partial charge is 0.264 e. The highest BCUT2D eigenvalue weighted by Gasteiger charge is 2.41. The molecule has 4 rings (SSSR count). The summed E-state index contributed by atoms with van der Waals surface area (Å²) in [5.41, 5.74) is 2.20. The predicted molar refractivity (Wildman–Crippen MR) is 148 cm³/mol. The van der Waals surface area contributed by atoms with Gasteiger partial charge < -0.3 is 10.1 Å². The van der Waals surface area contributed by atoms with Crippen LogP contribution in [0.25, 0.3) is 0 Å². The molecule has 1 aliphatic heterocycles. The monoisotopic (exact) mass is 551 g/mol. The number of hydrogen-bond acceptors (Lipinski definition) is 5. The number of amides is 2. The number of methoxy groups -OCH3 is 1. The van der Waals surface area contributed by atoms with Gasteiger partial charge in [-0.3, -0.25) is 14.5 Å². The molecule has 1 aliphatic rings. The summed E-state index contributed by atoms with van der Waals surface area (Å²) in [4.78, 5) is 28.1. The van der Waals surface area contributed by atoms with E-state index in [1.165, 1.54) is 16.7 Å². The SMILES string of the molecule is COc1ccc(CCNC(=O)/C(C#N)=C2\S[C@@H](Cc3cc(Cl)ccc3Cl)C(=O)N2c2ccccc2)cc1. The van der Waals surface area contributed by atoms with E-state index in [0.717, 1.165) is 16.9 Å². The van der Waals surface area contributed by atoms with Crippen molar-refractivity contribution < 1.29 is 14.3 Å². The van der Waals surface area contributed by atoms with E-state index in [4.69, 9.17) is 27.9 Å². The molecule has 0 saturated carbocycles. The summed E-state index contributed by atoms with van der Waals surface area (Å²) < 4.78 is 5.17. The second-order valence-corrected chi connectivity index (χ2v) is 10.2. The van der Waals surface area contributed by atoms with Gasteiger partial charge in [-0.05, 0) is 66.4 Å². The second kappa shape index (κ2) is 12.2. The first-order chi connectivity index (χ1) is 17.9. The van der Waals surface area contributed by atoms with Gasteiger partial charge in [-0.15, -0.1) is 0 Å². The number of carbonyl (C=O) groups excluding carboxylic acids is 2. The van der Waals surface area contributed by atoms with Crippen molar-refractivity contribution in [3.63, 3.8) is 0 Å². The van der Waals surface area contributed by atoms with E-state index in [0.29, 0.717) is 40.1 Å². The number of anilines is 1. The lowest BCUT2D eigenvalue weighted by atomic mass is 10.1. The maximum atomic E-state index is 13.6. The number of benzene rings is 3. The van der Waals surface area contributed by atoms with Crippen LogP contribution in [0.2, 0.25) is 10.0 Å². The van der Waals surface area contributed by atoms with Gasteiger partial charge >= 0.3 is 0 Å². The Kier molecular flexibility index (Phi) is 8.78. The molecule has 1 N–H and O–H groups in total. The Bertz CT molecular complexity index is 1370. The van der Waals surface area contributed by atoms with Crippen LogP contribution >= 0.6 is 35.0 Å². The lowest BCUT2D eigenvalue weighted by molar-refractivity contribution is -0.117. The highest BCUT2D eigenvalue weighted by Crippen LogP contribution is 2.42. The summed E-state index contributed by atoms with van der Waals surface area (Å²) in [7, 11) is 1.60. The fourth-order valence-electron chi connectivity index (χ4n) is 3.90. The van der Waals surface area contributed by atoms with Crippen molar-refractivity contribution in [2.24, 2.45) is 0 Å². The van der Waals surface area contributed by atoms with E-state index in [1.807, 2.05) is 36.4 Å². The molecule has 2 amide bonds. The molecule has 1 heterocycles. The van der Waals surface area contributed by atoms with Crippen molar-refractivity contribution in [3.05, 3.63) is 105 Å². The van der Waals surface area contributed by atoms with Crippen molar-refractivity contribution >= 4 is 52.5 Å². The molecule has 37 heavy (non-hydrogen) atoms. The molecule has 1 fully saturated rings. The summed E-state index contributed by atoms with van der Waals surface area (Å²) in [6, 6.07) is 23.6. The molecule has 6 nitrogen and oxygen atoms in total. The van der Waals surface area contributed by atoms with Gasteiger partial charge in [0.1, 0.15) is 22.4 Å². The Hall–Kier alpha value is -3.44. The van der Waals surface area contributed by atoms with Gasteiger partial charge in [0, 0.05) is 22.3 Å². The zero-order chi connectivity index (χ0) is 26.4. The minimum atomic E-state index is -0.582. The van der Waals surface area contributed by atoms with E-state index >= 15 is 0 Å². The molecular weight excluding hydrogens is 529 g/mol. The number of para-hydroxylation sites is 1. The normalized spacial score (nSPS) is 16.3. The van der Waals surface area contributed by atoms with Gasteiger partial charge in [-0.1, -0.05) is 65.3 Å². The standard InChI is InChI=1S/C28H23Cl2N3O3S/c1-36-22-10-7-18(8-11-22)13-14-32-26(34)23(17-31)28-33(21-5-3-2-4-6-21)27(35)25(37-28)16-19-15-20(29)9-12-24(19)30/h2-12,15,25H,13-14,16H2,1H3,(H,32,34)/b28-23-/t25-/m0/s1. The van der Waals surface area contributed by atoms with Crippen molar-refractivity contribution in [1.82, 2.24) is 5.32 Å². The first kappa shape index (κ1) is 26.6. The number of hydrogen-bond donors (Lipinski definition) is 1. The maximum absolute atomic E-state index is 13.6. The fraction of sp³-hybridized carbons (Fsp3) is 0.179. The van der Waals surface area contributed by atoms with E-state index in [2.05, 4.69) is 5.32 Å². The van der Waals surface area contributed by atoms with Crippen molar-refractivity contribution in [2.75, 3.05) is 18.6 Å². The minimum Gasteiger partial charge on any atom is -0.497 e. The zero-order valence-corrected chi connectivity index (χ0v) is 22.2. The number of carbonyl (C=O) groups is 2. The number of nitrogens with zero attached hydrogens (tertiary/aromatic N) is 2. The number of thioether (sulfide) groups is 1. The van der Waals surface area contributed by atoms with Crippen LogP contribution in [-0.2, 0) is 22.4 Å². The average molecular weight is 552 g/mol. The van der Waals surface area contributed by atoms with Crippen LogP contribution < -0.4 is 15.0 Å². The third kappa shape index (κ3) is 6.28. The molecule has 1 saturated heterocycles. The first-order valence-electron chi connectivity index (χ1n) is 11.5. The van der Waals surface area contributed by atoms with Crippen molar-refractivity contribution in [3.8, 4) is 11.8 Å². The van der Waals surface area contributed by atoms with E-state index in [9.17, 15) is 14.9 Å². The fourth-order valence-corrected chi connectivity index (χ4v) is 5.58. The van der Waals surface area contributed by atoms with Crippen LogP contribution in [0, 0.1) is 11.3 Å². The zero-order valence-electron chi connectivity index (χ0n) is 19.9. The van der Waals surface area contributed by atoms with Gasteiger partial charge in [0.05, 0.1) is 12.4 Å². The Morgan fingerprint density at radius 1 is 1.11 bits per heavy atom. The largest absolute Gasteiger partial charge is 0.497 e. The highest BCUT2D eigenvalue weighted by molar-refractivity contribution is 8.05. The summed E-state index contributed by atoms with van der Waals surface area (Å²) in [5, 5.41) is 13.5. The molecule has 3 aromatic rings. The summed E-state index contributed by atoms with van der Waals surface area (Å²) in [6.07, 6.45) is 0.877. The van der Waals surface area contributed by atoms with Crippen LogP contribution in [0.5, 0.6) is 5.75 Å². The van der Waals surface area contributed by atoms with Gasteiger partial charge in [-0.25, -0.2) is 0 Å². The number of rotatable bonds is 8. The molecule has 0 aliphatic carbocycles. The number of nitriles is 1. The first-order valence-corrected chi connectivity index (χ1v) is 13.1. The number of nitrogens with one attached hydrogen (secondary N) is 1. The van der Waals surface area contributed by atoms with Crippen LogP contribution in [0.1, 0.15) is 11.1 Å². The van der Waals surface area contributed by atoms with E-state index < -0.39 is 11.2 Å². The predicted octanol–water partition coefficient (Wildman–Crippen LogP) is 5.79. The lowest BCUT2D eigenvalue weighted by Gasteiger charge is -2.18. The molecule has 0 spiro atoms. The van der Waals surface area contributed by atoms with Gasteiger partial charge in [0.2, 0.25) is 5.91 Å². The molecule has 0 aromatic heterocycles. The number of halogens is 2. The van der Waals surface area contributed by atoms with Crippen LogP contribution in [-0.4, -0.2) is 30.7 Å². The average Bonchev–Trinajstić information content (AvgIpc) is 3.22. The molecule has 188 valence electrons. The minimum absolute atomic E-state index is 0.114. The Balaban J connectivity index is 1.58. The van der Waals surface area contributed by atoms with Crippen LogP contribution in [0.15, 0.2) is 83.4 Å². The molecule has 9 heteroatoms. The summed E-state index contributed by atoms with van der Waals surface area (Å²) in [5.74, 6) is -0.0171. The Morgan fingerprint density at radius 3 is 2.51 bits per heavy atom. The van der Waals surface area contributed by atoms with Gasteiger partial charge in [0.25, 0.3) is 5.91 Å². The van der Waals surface area contributed by atoms with E-state index in [-0.39, 0.29) is 11.5 Å². The molecular formula is C28H23Cl2N3O3S. The Labute approximate surface area is 229 Å². The van der Waals surface area contributed by atoms with Gasteiger partial charge in [-0.2, -0.15) is 5.26 Å². The molecule has 0 radical (unpaired) electrons. The molecule has 1 atom stereocenters. The summed E-state index contributed by atoms with van der Waals surface area (Å²) in [6.45, 7) is 0.328. The topological polar surface area (TPSA) is 82.4 Å². The Morgan fingerprint density at radius 2 is 1.84 bits per heavy atom. The lowest BCUT2D eigenvalue weighted by Crippen LogP contribution is -2.32. The van der Waals surface area contributed by atoms with Crippen molar-refractivity contribution in [2.45, 2.75) is 18.1 Å². The second-order valence-electron chi connectivity index (χ2n) is 8.20. The molecule has 0 unspecified atom stereocenters. The molecule has 0 bridgehead atoms. The van der Waals surface area contributed by atoms with E-state index in [1.54, 1.807) is 49.6 Å². The third-order valence-corrected chi connectivity index (χ3v) is 7.66. The van der Waals surface area contributed by atoms with Crippen molar-refractivity contribution in [1.29, 1.82) is 5.26 Å². The quantitative estimate of drug-likeness (QED) is 0.283. The molecule has 3 aromatic carbocycles. The van der Waals surface area contributed by atoms with Crippen LogP contribution in [0.3, 0.4) is 0 Å². The third-order valence-electron chi connectivity index (χ3n) is 5.79. The summed E-state index contributed by atoms with van der Waals surface area (Å²) >= 11 is 13.7. The maximum Gasteiger partial charge on any atom is 0.264 e.